The van der Waals surface area contributed by atoms with Gasteiger partial charge in [0.1, 0.15) is 0 Å². The molecule has 0 aliphatic heterocycles. The third-order valence-corrected chi connectivity index (χ3v) is 4.87. The Kier molecular flexibility index (Phi) is 6.16. The van der Waals surface area contributed by atoms with Gasteiger partial charge in [-0.15, -0.1) is 0 Å². The van der Waals surface area contributed by atoms with Gasteiger partial charge in [0.2, 0.25) is 0 Å². The first kappa shape index (κ1) is 21.0. The second kappa shape index (κ2) is 8.78. The molecule has 0 radical (unpaired) electrons. The summed E-state index contributed by atoms with van der Waals surface area (Å²) in [7, 11) is 3.44. The van der Waals surface area contributed by atoms with Gasteiger partial charge in [0.05, 0.1) is 28.8 Å². The zero-order valence-corrected chi connectivity index (χ0v) is 17.6. The molecule has 0 aliphatic rings. The lowest BCUT2D eigenvalue weighted by Crippen LogP contribution is -2.21. The van der Waals surface area contributed by atoms with E-state index in [0.717, 1.165) is 28.8 Å². The lowest BCUT2D eigenvalue weighted by Gasteiger charge is -2.14. The Morgan fingerprint density at radius 3 is 2.50 bits per heavy atom. The number of aromatic nitrogens is 1. The van der Waals surface area contributed by atoms with E-state index < -0.39 is 5.97 Å². The van der Waals surface area contributed by atoms with Crippen LogP contribution in [0.2, 0.25) is 0 Å². The number of hydrogen-bond acceptors (Lipinski definition) is 4. The highest BCUT2D eigenvalue weighted by atomic mass is 16.4. The molecular weight excluding hydrogens is 378 g/mol. The number of amides is 1. The van der Waals surface area contributed by atoms with E-state index in [1.165, 1.54) is 4.90 Å². The molecule has 154 valence electrons. The number of hydrogen-bond donors (Lipinski definition) is 2. The third-order valence-electron chi connectivity index (χ3n) is 4.87. The van der Waals surface area contributed by atoms with Crippen LogP contribution in [0, 0.1) is 6.92 Å². The zero-order chi connectivity index (χ0) is 21.8. The van der Waals surface area contributed by atoms with Gasteiger partial charge in [-0.1, -0.05) is 25.1 Å². The van der Waals surface area contributed by atoms with Crippen LogP contribution in [0.1, 0.15) is 38.8 Å². The second-order valence-corrected chi connectivity index (χ2v) is 7.33. The molecule has 3 aromatic rings. The highest BCUT2D eigenvalue weighted by Crippen LogP contribution is 2.27. The zero-order valence-electron chi connectivity index (χ0n) is 17.6. The fourth-order valence-electron chi connectivity index (χ4n) is 3.26. The van der Waals surface area contributed by atoms with Gasteiger partial charge in [-0.25, -0.2) is 4.79 Å². The maximum atomic E-state index is 12.3. The summed E-state index contributed by atoms with van der Waals surface area (Å²) in [6, 6.07) is 14.7. The minimum Gasteiger partial charge on any atom is -0.478 e. The minimum absolute atomic E-state index is 0.0653. The third kappa shape index (κ3) is 4.49. The van der Waals surface area contributed by atoms with Crippen molar-refractivity contribution in [2.24, 2.45) is 0 Å². The van der Waals surface area contributed by atoms with E-state index in [0.29, 0.717) is 16.9 Å². The predicted octanol–water partition coefficient (Wildman–Crippen LogP) is 4.76. The predicted molar refractivity (Wildman–Crippen MR) is 118 cm³/mol. The molecule has 2 aromatic carbocycles. The molecule has 0 fully saturated rings. The van der Waals surface area contributed by atoms with Crippen LogP contribution >= 0.6 is 0 Å². The molecule has 1 amide bonds. The van der Waals surface area contributed by atoms with Crippen molar-refractivity contribution in [2.75, 3.05) is 19.4 Å². The quantitative estimate of drug-likeness (QED) is 0.620. The lowest BCUT2D eigenvalue weighted by molar-refractivity contribution is 0.0697. The van der Waals surface area contributed by atoms with E-state index in [4.69, 9.17) is 0 Å². The Hall–Kier alpha value is -3.67. The average Bonchev–Trinajstić information content (AvgIpc) is 2.73. The second-order valence-electron chi connectivity index (χ2n) is 7.33. The van der Waals surface area contributed by atoms with Gasteiger partial charge in [-0.2, -0.15) is 0 Å². The van der Waals surface area contributed by atoms with Crippen LogP contribution in [-0.2, 0) is 6.42 Å². The smallest absolute Gasteiger partial charge is 0.337 e. The fraction of sp³-hybridized carbons (Fsp3) is 0.208. The summed E-state index contributed by atoms with van der Waals surface area (Å²) in [6.45, 7) is 3.92. The number of anilines is 2. The number of pyridine rings is 1. The molecule has 0 saturated heterocycles. The van der Waals surface area contributed by atoms with E-state index >= 15 is 0 Å². The highest BCUT2D eigenvalue weighted by molar-refractivity contribution is 5.96. The Labute approximate surface area is 176 Å². The Balaban J connectivity index is 1.91. The molecule has 2 N–H and O–H groups in total. The molecule has 0 aliphatic carbocycles. The van der Waals surface area contributed by atoms with Crippen LogP contribution in [-0.4, -0.2) is 41.0 Å². The van der Waals surface area contributed by atoms with Gasteiger partial charge >= 0.3 is 5.97 Å². The summed E-state index contributed by atoms with van der Waals surface area (Å²) >= 11 is 0. The average molecular weight is 403 g/mol. The molecule has 0 atom stereocenters. The topological polar surface area (TPSA) is 82.5 Å². The fourth-order valence-corrected chi connectivity index (χ4v) is 3.26. The maximum absolute atomic E-state index is 12.3. The molecule has 3 rings (SSSR count). The molecule has 6 nitrogen and oxygen atoms in total. The number of nitrogens with one attached hydrogen (secondary N) is 1. The van der Waals surface area contributed by atoms with Crippen molar-refractivity contribution >= 4 is 23.3 Å². The Bertz CT molecular complexity index is 1110. The van der Waals surface area contributed by atoms with Crippen LogP contribution in [0.5, 0.6) is 0 Å². The van der Waals surface area contributed by atoms with E-state index in [1.54, 1.807) is 38.5 Å². The molecular formula is C24H25N3O3. The number of nitrogens with zero attached hydrogens (tertiary/aromatic N) is 2. The summed E-state index contributed by atoms with van der Waals surface area (Å²) in [5.74, 6) is -1.04. The molecule has 1 aromatic heterocycles. The number of carboxylic acids is 1. The van der Waals surface area contributed by atoms with E-state index in [2.05, 4.69) is 10.3 Å². The van der Waals surface area contributed by atoms with Crippen molar-refractivity contribution in [1.29, 1.82) is 0 Å². The molecule has 0 spiro atoms. The van der Waals surface area contributed by atoms with Crippen LogP contribution in [0.25, 0.3) is 11.3 Å². The first-order valence-corrected chi connectivity index (χ1v) is 9.72. The van der Waals surface area contributed by atoms with Gasteiger partial charge in [-0.05, 0) is 54.8 Å². The van der Waals surface area contributed by atoms with Gasteiger partial charge in [0, 0.05) is 25.2 Å². The number of aromatic carboxylic acids is 1. The number of carboxylic acid groups (broad SMARTS) is 1. The number of rotatable bonds is 6. The van der Waals surface area contributed by atoms with Crippen molar-refractivity contribution in [2.45, 2.75) is 20.3 Å². The van der Waals surface area contributed by atoms with Gasteiger partial charge < -0.3 is 15.3 Å². The first-order valence-electron chi connectivity index (χ1n) is 9.72. The molecule has 30 heavy (non-hydrogen) atoms. The lowest BCUT2D eigenvalue weighted by atomic mass is 10.0. The summed E-state index contributed by atoms with van der Waals surface area (Å²) in [5.41, 5.74) is 5.55. The highest BCUT2D eigenvalue weighted by Gasteiger charge is 2.13. The SMILES string of the molecule is CCc1ccc(Nc2cnc(-c3cccc(C(=O)N(C)C)c3)c(C)c2)c(C(=O)O)c1. The van der Waals surface area contributed by atoms with Crippen molar-refractivity contribution in [3.05, 3.63) is 77.0 Å². The van der Waals surface area contributed by atoms with Gasteiger partial charge in [-0.3, -0.25) is 9.78 Å². The van der Waals surface area contributed by atoms with Crippen LogP contribution in [0.15, 0.2) is 54.7 Å². The monoisotopic (exact) mass is 403 g/mol. The maximum Gasteiger partial charge on any atom is 0.337 e. The van der Waals surface area contributed by atoms with Gasteiger partial charge in [0.25, 0.3) is 5.91 Å². The minimum atomic E-state index is -0.975. The van der Waals surface area contributed by atoms with Crippen molar-refractivity contribution < 1.29 is 14.7 Å². The molecule has 0 saturated carbocycles. The Morgan fingerprint density at radius 2 is 1.87 bits per heavy atom. The van der Waals surface area contributed by atoms with Crippen molar-refractivity contribution in [3.63, 3.8) is 0 Å². The summed E-state index contributed by atoms with van der Waals surface area (Å²) in [6.07, 6.45) is 2.44. The number of carbonyl (C=O) groups is 2. The summed E-state index contributed by atoms with van der Waals surface area (Å²) in [5, 5.41) is 12.7. The van der Waals surface area contributed by atoms with Crippen LogP contribution in [0.3, 0.4) is 0 Å². The number of carbonyl (C=O) groups excluding carboxylic acids is 1. The molecule has 1 heterocycles. The standard InChI is InChI=1S/C24H25N3O3/c1-5-16-9-10-21(20(12-16)24(29)30)26-19-11-15(2)22(25-14-19)17-7-6-8-18(13-17)23(28)27(3)4/h6-14,26H,5H2,1-4H3,(H,29,30). The largest absolute Gasteiger partial charge is 0.478 e. The first-order chi connectivity index (χ1) is 14.3. The summed E-state index contributed by atoms with van der Waals surface area (Å²) < 4.78 is 0. The Morgan fingerprint density at radius 1 is 1.10 bits per heavy atom. The normalized spacial score (nSPS) is 10.5. The van der Waals surface area contributed by atoms with E-state index in [9.17, 15) is 14.7 Å². The van der Waals surface area contributed by atoms with Crippen molar-refractivity contribution in [3.8, 4) is 11.3 Å². The summed E-state index contributed by atoms with van der Waals surface area (Å²) in [4.78, 5) is 30.0. The molecule has 0 bridgehead atoms. The van der Waals surface area contributed by atoms with Gasteiger partial charge in [0.15, 0.2) is 0 Å². The number of aryl methyl sites for hydroxylation is 2. The van der Waals surface area contributed by atoms with Crippen LogP contribution < -0.4 is 5.32 Å². The van der Waals surface area contributed by atoms with Crippen molar-refractivity contribution in [1.82, 2.24) is 9.88 Å². The molecule has 0 unspecified atom stereocenters. The molecule has 6 heteroatoms. The van der Waals surface area contributed by atoms with E-state index in [-0.39, 0.29) is 11.5 Å². The number of benzene rings is 2. The van der Waals surface area contributed by atoms with Crippen LogP contribution in [0.4, 0.5) is 11.4 Å². The van der Waals surface area contributed by atoms with E-state index in [1.807, 2.05) is 44.2 Å².